The molecule has 0 unspecified atom stereocenters. The number of halogens is 1. The highest BCUT2D eigenvalue weighted by Crippen LogP contribution is 2.27. The van der Waals surface area contributed by atoms with Crippen molar-refractivity contribution in [3.8, 4) is 5.75 Å². The van der Waals surface area contributed by atoms with Crippen LogP contribution in [0.5, 0.6) is 5.75 Å². The SMILES string of the molecule is COc1cc(NCC(=O)N2CCN(C)CC2)ccc1Cl. The van der Waals surface area contributed by atoms with Crippen LogP contribution in [-0.2, 0) is 4.79 Å². The van der Waals surface area contributed by atoms with Gasteiger partial charge in [0.05, 0.1) is 18.7 Å². The van der Waals surface area contributed by atoms with E-state index in [-0.39, 0.29) is 12.5 Å². The van der Waals surface area contributed by atoms with Gasteiger partial charge in [0.2, 0.25) is 5.91 Å². The molecule has 0 aliphatic carbocycles. The number of rotatable bonds is 4. The van der Waals surface area contributed by atoms with E-state index >= 15 is 0 Å². The maximum atomic E-state index is 12.1. The van der Waals surface area contributed by atoms with Crippen molar-refractivity contribution in [1.29, 1.82) is 0 Å². The minimum absolute atomic E-state index is 0.118. The second-order valence-electron chi connectivity index (χ2n) is 4.89. The molecule has 1 aromatic rings. The molecular formula is C14H20ClN3O2. The molecule has 5 nitrogen and oxygen atoms in total. The van der Waals surface area contributed by atoms with E-state index in [9.17, 15) is 4.79 Å². The zero-order chi connectivity index (χ0) is 14.5. The molecular weight excluding hydrogens is 278 g/mol. The van der Waals surface area contributed by atoms with E-state index in [0.717, 1.165) is 31.9 Å². The van der Waals surface area contributed by atoms with Gasteiger partial charge in [-0.2, -0.15) is 0 Å². The molecule has 1 aliphatic rings. The van der Waals surface area contributed by atoms with Gasteiger partial charge in [-0.15, -0.1) is 0 Å². The van der Waals surface area contributed by atoms with Crippen molar-refractivity contribution >= 4 is 23.2 Å². The summed E-state index contributed by atoms with van der Waals surface area (Å²) < 4.78 is 5.15. The first-order valence-electron chi connectivity index (χ1n) is 6.64. The van der Waals surface area contributed by atoms with Crippen molar-refractivity contribution < 1.29 is 9.53 Å². The molecule has 1 aromatic carbocycles. The summed E-state index contributed by atoms with van der Waals surface area (Å²) in [6, 6.07) is 5.38. The Morgan fingerprint density at radius 3 is 2.70 bits per heavy atom. The molecule has 1 heterocycles. The zero-order valence-corrected chi connectivity index (χ0v) is 12.6. The summed E-state index contributed by atoms with van der Waals surface area (Å²) in [7, 11) is 3.64. The van der Waals surface area contributed by atoms with Gasteiger partial charge >= 0.3 is 0 Å². The Morgan fingerprint density at radius 2 is 2.05 bits per heavy atom. The lowest BCUT2D eigenvalue weighted by Gasteiger charge is -2.32. The molecule has 1 aliphatic heterocycles. The fourth-order valence-corrected chi connectivity index (χ4v) is 2.31. The van der Waals surface area contributed by atoms with Gasteiger partial charge in [-0.25, -0.2) is 0 Å². The number of hydrogen-bond acceptors (Lipinski definition) is 4. The molecule has 0 saturated carbocycles. The molecule has 0 aromatic heterocycles. The van der Waals surface area contributed by atoms with E-state index in [4.69, 9.17) is 16.3 Å². The minimum atomic E-state index is 0.118. The van der Waals surface area contributed by atoms with Crippen molar-refractivity contribution in [3.05, 3.63) is 23.2 Å². The van der Waals surface area contributed by atoms with Gasteiger partial charge in [-0.1, -0.05) is 11.6 Å². The zero-order valence-electron chi connectivity index (χ0n) is 11.9. The predicted molar refractivity (Wildman–Crippen MR) is 80.6 cm³/mol. The van der Waals surface area contributed by atoms with E-state index in [1.54, 1.807) is 19.2 Å². The number of nitrogens with zero attached hydrogens (tertiary/aromatic N) is 2. The molecule has 20 heavy (non-hydrogen) atoms. The van der Waals surface area contributed by atoms with Crippen molar-refractivity contribution in [2.75, 3.05) is 52.2 Å². The lowest BCUT2D eigenvalue weighted by Crippen LogP contribution is -2.48. The second kappa shape index (κ2) is 6.81. The van der Waals surface area contributed by atoms with Crippen molar-refractivity contribution in [1.82, 2.24) is 9.80 Å². The second-order valence-corrected chi connectivity index (χ2v) is 5.29. The quantitative estimate of drug-likeness (QED) is 0.915. The molecule has 110 valence electrons. The van der Waals surface area contributed by atoms with E-state index in [0.29, 0.717) is 10.8 Å². The number of likely N-dealkylation sites (N-methyl/N-ethyl adjacent to an activating group) is 1. The number of piperazine rings is 1. The Labute approximate surface area is 124 Å². The van der Waals surface area contributed by atoms with Crippen LogP contribution in [0.3, 0.4) is 0 Å². The first-order chi connectivity index (χ1) is 9.60. The Morgan fingerprint density at radius 1 is 1.35 bits per heavy atom. The van der Waals surface area contributed by atoms with Crippen molar-refractivity contribution in [3.63, 3.8) is 0 Å². The standard InChI is InChI=1S/C14H20ClN3O2/c1-17-5-7-18(8-6-17)14(19)10-16-11-3-4-12(15)13(9-11)20-2/h3-4,9,16H,5-8,10H2,1-2H3. The van der Waals surface area contributed by atoms with Gasteiger partial charge in [-0.05, 0) is 19.2 Å². The maximum absolute atomic E-state index is 12.1. The highest BCUT2D eigenvalue weighted by atomic mass is 35.5. The van der Waals surface area contributed by atoms with Crippen LogP contribution in [0.2, 0.25) is 5.02 Å². The molecule has 1 fully saturated rings. The molecule has 1 saturated heterocycles. The van der Waals surface area contributed by atoms with E-state index < -0.39 is 0 Å². The largest absolute Gasteiger partial charge is 0.495 e. The maximum Gasteiger partial charge on any atom is 0.241 e. The number of anilines is 1. The predicted octanol–water partition coefficient (Wildman–Crippen LogP) is 1.53. The van der Waals surface area contributed by atoms with Gasteiger partial charge in [0.15, 0.2) is 0 Å². The Hall–Kier alpha value is -1.46. The number of methoxy groups -OCH3 is 1. The third kappa shape index (κ3) is 3.77. The van der Waals surface area contributed by atoms with Gasteiger partial charge in [0, 0.05) is 37.9 Å². The molecule has 0 radical (unpaired) electrons. The summed E-state index contributed by atoms with van der Waals surface area (Å²) in [4.78, 5) is 16.2. The number of ether oxygens (including phenoxy) is 1. The first-order valence-corrected chi connectivity index (χ1v) is 7.01. The fourth-order valence-electron chi connectivity index (χ4n) is 2.12. The third-order valence-electron chi connectivity index (χ3n) is 3.45. The highest BCUT2D eigenvalue weighted by Gasteiger charge is 2.18. The molecule has 0 atom stereocenters. The molecule has 0 bridgehead atoms. The van der Waals surface area contributed by atoms with Crippen LogP contribution < -0.4 is 10.1 Å². The normalized spacial score (nSPS) is 16.1. The van der Waals surface area contributed by atoms with Crippen LogP contribution in [0.25, 0.3) is 0 Å². The first kappa shape index (κ1) is 14.9. The fraction of sp³-hybridized carbons (Fsp3) is 0.500. The van der Waals surface area contributed by atoms with Gasteiger partial charge in [0.1, 0.15) is 5.75 Å². The highest BCUT2D eigenvalue weighted by molar-refractivity contribution is 6.32. The third-order valence-corrected chi connectivity index (χ3v) is 3.76. The monoisotopic (exact) mass is 297 g/mol. The lowest BCUT2D eigenvalue weighted by molar-refractivity contribution is -0.130. The summed E-state index contributed by atoms with van der Waals surface area (Å²) in [6.07, 6.45) is 0. The van der Waals surface area contributed by atoms with Crippen LogP contribution in [0.1, 0.15) is 0 Å². The molecule has 1 N–H and O–H groups in total. The number of benzene rings is 1. The summed E-state index contributed by atoms with van der Waals surface area (Å²) in [5.41, 5.74) is 0.828. The summed E-state index contributed by atoms with van der Waals surface area (Å²) in [5, 5.41) is 3.67. The summed E-state index contributed by atoms with van der Waals surface area (Å²) in [6.45, 7) is 3.73. The van der Waals surface area contributed by atoms with E-state index in [1.165, 1.54) is 0 Å². The number of carbonyl (C=O) groups excluding carboxylic acids is 1. The Balaban J connectivity index is 1.87. The van der Waals surface area contributed by atoms with Crippen LogP contribution in [0.15, 0.2) is 18.2 Å². The molecule has 1 amide bonds. The Bertz CT molecular complexity index is 473. The van der Waals surface area contributed by atoms with Crippen LogP contribution in [0, 0.1) is 0 Å². The summed E-state index contributed by atoms with van der Waals surface area (Å²) >= 11 is 5.96. The number of carbonyl (C=O) groups is 1. The lowest BCUT2D eigenvalue weighted by atomic mass is 10.3. The van der Waals surface area contributed by atoms with Gasteiger partial charge in [0.25, 0.3) is 0 Å². The molecule has 2 rings (SSSR count). The number of amides is 1. The molecule has 6 heteroatoms. The smallest absolute Gasteiger partial charge is 0.241 e. The van der Waals surface area contributed by atoms with Crippen molar-refractivity contribution in [2.24, 2.45) is 0 Å². The van der Waals surface area contributed by atoms with Crippen molar-refractivity contribution in [2.45, 2.75) is 0 Å². The average Bonchev–Trinajstić information content (AvgIpc) is 2.46. The Kier molecular flexibility index (Phi) is 5.09. The van der Waals surface area contributed by atoms with Crippen LogP contribution in [-0.4, -0.2) is 62.6 Å². The summed E-state index contributed by atoms with van der Waals surface area (Å²) in [5.74, 6) is 0.718. The van der Waals surface area contributed by atoms with Crippen LogP contribution in [0.4, 0.5) is 5.69 Å². The topological polar surface area (TPSA) is 44.8 Å². The van der Waals surface area contributed by atoms with E-state index in [1.807, 2.05) is 11.0 Å². The minimum Gasteiger partial charge on any atom is -0.495 e. The number of nitrogens with one attached hydrogen (secondary N) is 1. The molecule has 0 spiro atoms. The van der Waals surface area contributed by atoms with Gasteiger partial charge in [-0.3, -0.25) is 4.79 Å². The number of hydrogen-bond donors (Lipinski definition) is 1. The van der Waals surface area contributed by atoms with E-state index in [2.05, 4.69) is 17.3 Å². The van der Waals surface area contributed by atoms with Crippen LogP contribution >= 0.6 is 11.6 Å². The average molecular weight is 298 g/mol. The van der Waals surface area contributed by atoms with Gasteiger partial charge < -0.3 is 19.9 Å².